The first kappa shape index (κ1) is 21.3. The predicted octanol–water partition coefficient (Wildman–Crippen LogP) is 2.70. The number of hydrogen-bond donors (Lipinski definition) is 2. The minimum atomic E-state index is -0.719. The molecule has 2 aliphatic rings. The molecule has 6 rings (SSSR count). The lowest BCUT2D eigenvalue weighted by Crippen LogP contribution is -2.39. The van der Waals surface area contributed by atoms with Crippen molar-refractivity contribution in [2.75, 3.05) is 27.5 Å². The molecule has 1 aromatic heterocycles. The maximum Gasteiger partial charge on any atom is 0.335 e. The molecule has 2 N–H and O–H groups in total. The molecule has 9 heteroatoms. The molecule has 3 heterocycles. The normalized spacial score (nSPS) is 16.9. The Balaban J connectivity index is 1.65. The van der Waals surface area contributed by atoms with Gasteiger partial charge in [0, 0.05) is 17.5 Å². The van der Waals surface area contributed by atoms with Crippen molar-refractivity contribution in [2.45, 2.75) is 12.5 Å². The van der Waals surface area contributed by atoms with E-state index < -0.39 is 23.2 Å². The fourth-order valence-corrected chi connectivity index (χ4v) is 5.21. The highest BCUT2D eigenvalue weighted by atomic mass is 16.7. The molecule has 2 aliphatic heterocycles. The second kappa shape index (κ2) is 7.92. The molecule has 178 valence electrons. The maximum absolute atomic E-state index is 13.2. The lowest BCUT2D eigenvalue weighted by atomic mass is 9.87. The van der Waals surface area contributed by atoms with E-state index in [4.69, 9.17) is 14.2 Å². The van der Waals surface area contributed by atoms with Crippen LogP contribution in [-0.4, -0.2) is 47.1 Å². The topological polar surface area (TPSA) is 106 Å². The second-order valence-electron chi connectivity index (χ2n) is 8.68. The third kappa shape index (κ3) is 3.12. The molecule has 0 aliphatic carbocycles. The number of hydrogen-bond acceptors (Lipinski definition) is 7. The van der Waals surface area contributed by atoms with Gasteiger partial charge in [-0.25, -0.2) is 9.36 Å². The molecular weight excluding hydrogens is 450 g/mol. The highest BCUT2D eigenvalue weighted by molar-refractivity contribution is 5.90. The quantitative estimate of drug-likeness (QED) is 0.471. The number of aromatic amines is 1. The first-order valence-electron chi connectivity index (χ1n) is 11.3. The van der Waals surface area contributed by atoms with Gasteiger partial charge in [-0.2, -0.15) is 0 Å². The van der Waals surface area contributed by atoms with Gasteiger partial charge in [0.15, 0.2) is 11.5 Å². The van der Waals surface area contributed by atoms with Gasteiger partial charge >= 0.3 is 5.69 Å². The zero-order chi connectivity index (χ0) is 24.3. The van der Waals surface area contributed by atoms with Crippen LogP contribution in [0.5, 0.6) is 23.1 Å². The number of rotatable bonds is 3. The van der Waals surface area contributed by atoms with Crippen molar-refractivity contribution < 1.29 is 19.3 Å². The lowest BCUT2D eigenvalue weighted by Gasteiger charge is -2.36. The van der Waals surface area contributed by atoms with Gasteiger partial charge < -0.3 is 19.3 Å². The molecule has 0 radical (unpaired) electrons. The smallest absolute Gasteiger partial charge is 0.335 e. The predicted molar refractivity (Wildman–Crippen MR) is 129 cm³/mol. The van der Waals surface area contributed by atoms with E-state index in [0.717, 1.165) is 20.9 Å². The van der Waals surface area contributed by atoms with Crippen LogP contribution in [0.1, 0.15) is 22.7 Å². The number of nitrogens with one attached hydrogen (secondary N) is 1. The molecule has 1 atom stereocenters. The average Bonchev–Trinajstić information content (AvgIpc) is 3.32. The van der Waals surface area contributed by atoms with Crippen molar-refractivity contribution in [1.82, 2.24) is 14.5 Å². The number of ether oxygens (including phenoxy) is 3. The summed E-state index contributed by atoms with van der Waals surface area (Å²) in [4.78, 5) is 30.6. The Morgan fingerprint density at radius 2 is 1.89 bits per heavy atom. The molecule has 0 saturated heterocycles. The van der Waals surface area contributed by atoms with E-state index in [0.29, 0.717) is 41.5 Å². The van der Waals surface area contributed by atoms with Gasteiger partial charge in [-0.1, -0.05) is 36.4 Å². The van der Waals surface area contributed by atoms with Crippen LogP contribution >= 0.6 is 0 Å². The van der Waals surface area contributed by atoms with Gasteiger partial charge in [-0.15, -0.1) is 0 Å². The molecule has 0 bridgehead atoms. The van der Waals surface area contributed by atoms with Crippen LogP contribution in [-0.2, 0) is 6.42 Å². The summed E-state index contributed by atoms with van der Waals surface area (Å²) in [6.07, 6.45) is 0.691. The number of aromatic nitrogens is 2. The van der Waals surface area contributed by atoms with Crippen LogP contribution in [0.3, 0.4) is 0 Å². The van der Waals surface area contributed by atoms with Gasteiger partial charge in [0.25, 0.3) is 5.56 Å². The average molecular weight is 473 g/mol. The lowest BCUT2D eigenvalue weighted by molar-refractivity contribution is 0.170. The van der Waals surface area contributed by atoms with E-state index in [9.17, 15) is 14.7 Å². The fraction of sp³-hybridized carbons (Fsp3) is 0.231. The second-order valence-corrected chi connectivity index (χ2v) is 8.68. The van der Waals surface area contributed by atoms with Crippen molar-refractivity contribution in [3.05, 3.63) is 86.1 Å². The number of benzene rings is 3. The Kier molecular flexibility index (Phi) is 4.82. The van der Waals surface area contributed by atoms with Crippen LogP contribution in [0.15, 0.2) is 58.1 Å². The number of H-pyrrole nitrogens is 1. The Hall–Kier alpha value is -4.24. The molecule has 4 aromatic rings. The van der Waals surface area contributed by atoms with E-state index in [1.807, 2.05) is 48.3 Å². The molecule has 35 heavy (non-hydrogen) atoms. The minimum Gasteiger partial charge on any atom is -0.494 e. The zero-order valence-electron chi connectivity index (χ0n) is 19.2. The molecular formula is C26H23N3O6. The standard InChI is InChI=1S/C26H23N3O6/c1-28-11-10-15-12-18-22(35-13-34-18)23(33-2)19(15)21(28)20-24(30)27-26(32)29(25(20)31)17-9-5-7-14-6-3-4-8-16(14)17/h3-9,12,21,31H,10-11,13H2,1-2H3,(H,27,30,32)/t21-/m1/s1. The Labute approximate surface area is 199 Å². The Morgan fingerprint density at radius 1 is 1.09 bits per heavy atom. The summed E-state index contributed by atoms with van der Waals surface area (Å²) in [7, 11) is 3.40. The first-order chi connectivity index (χ1) is 17.0. The van der Waals surface area contributed by atoms with Crippen LogP contribution < -0.4 is 25.5 Å². The van der Waals surface area contributed by atoms with Crippen molar-refractivity contribution in [1.29, 1.82) is 0 Å². The number of fused-ring (bicyclic) bond motifs is 3. The van der Waals surface area contributed by atoms with E-state index in [2.05, 4.69) is 4.98 Å². The largest absolute Gasteiger partial charge is 0.494 e. The number of methoxy groups -OCH3 is 1. The van der Waals surface area contributed by atoms with Gasteiger partial charge in [0.1, 0.15) is 0 Å². The molecule has 3 aromatic carbocycles. The number of likely N-dealkylation sites (N-methyl/N-ethyl adjacent to an activating group) is 1. The maximum atomic E-state index is 13.2. The van der Waals surface area contributed by atoms with Crippen molar-refractivity contribution in [3.8, 4) is 28.8 Å². The number of aromatic hydroxyl groups is 1. The van der Waals surface area contributed by atoms with E-state index in [-0.39, 0.29) is 12.4 Å². The van der Waals surface area contributed by atoms with Crippen molar-refractivity contribution in [3.63, 3.8) is 0 Å². The van der Waals surface area contributed by atoms with E-state index in [1.165, 1.54) is 7.11 Å². The zero-order valence-corrected chi connectivity index (χ0v) is 19.2. The summed E-state index contributed by atoms with van der Waals surface area (Å²) in [5.41, 5.74) is 0.778. The minimum absolute atomic E-state index is 0.0538. The summed E-state index contributed by atoms with van der Waals surface area (Å²) < 4.78 is 18.1. The van der Waals surface area contributed by atoms with Gasteiger partial charge in [0.05, 0.1) is 24.4 Å². The van der Waals surface area contributed by atoms with Crippen LogP contribution in [0.2, 0.25) is 0 Å². The van der Waals surface area contributed by atoms with E-state index in [1.54, 1.807) is 12.1 Å². The monoisotopic (exact) mass is 473 g/mol. The summed E-state index contributed by atoms with van der Waals surface area (Å²) in [5, 5.41) is 13.2. The Bertz CT molecular complexity index is 1600. The molecule has 0 fully saturated rings. The van der Waals surface area contributed by atoms with Gasteiger partial charge in [-0.05, 0) is 36.6 Å². The summed E-state index contributed by atoms with van der Waals surface area (Å²) in [6.45, 7) is 0.694. The fourth-order valence-electron chi connectivity index (χ4n) is 5.21. The van der Waals surface area contributed by atoms with Crippen molar-refractivity contribution >= 4 is 10.8 Å². The molecule has 0 spiro atoms. The third-order valence-electron chi connectivity index (χ3n) is 6.80. The Morgan fingerprint density at radius 3 is 2.71 bits per heavy atom. The molecule has 9 nitrogen and oxygen atoms in total. The van der Waals surface area contributed by atoms with Crippen LogP contribution in [0.25, 0.3) is 16.5 Å². The van der Waals surface area contributed by atoms with Crippen LogP contribution in [0.4, 0.5) is 0 Å². The molecule has 0 saturated carbocycles. The molecule has 0 amide bonds. The SMILES string of the molecule is COc1c2c(cc3c1[C@H](c1c(O)n(-c4cccc5ccccc45)c(=O)[nH]c1=O)N(C)CC3)OCO2. The first-order valence-corrected chi connectivity index (χ1v) is 11.3. The van der Waals surface area contributed by atoms with Crippen LogP contribution in [0, 0.1) is 0 Å². The highest BCUT2D eigenvalue weighted by Crippen LogP contribution is 2.51. The molecule has 0 unspecified atom stereocenters. The number of nitrogens with zero attached hydrogens (tertiary/aromatic N) is 2. The van der Waals surface area contributed by atoms with Crippen molar-refractivity contribution in [2.24, 2.45) is 0 Å². The summed E-state index contributed by atoms with van der Waals surface area (Å²) in [6, 6.07) is 14.2. The summed E-state index contributed by atoms with van der Waals surface area (Å²) >= 11 is 0. The van der Waals surface area contributed by atoms with Gasteiger partial charge in [0.2, 0.25) is 18.4 Å². The highest BCUT2D eigenvalue weighted by Gasteiger charge is 2.38. The third-order valence-corrected chi connectivity index (χ3v) is 6.80. The van der Waals surface area contributed by atoms with Gasteiger partial charge in [-0.3, -0.25) is 14.7 Å². The summed E-state index contributed by atoms with van der Waals surface area (Å²) in [5.74, 6) is 1.08. The van der Waals surface area contributed by atoms with E-state index >= 15 is 0 Å².